The van der Waals surface area contributed by atoms with Crippen molar-refractivity contribution in [2.45, 2.75) is 31.6 Å². The summed E-state index contributed by atoms with van der Waals surface area (Å²) in [4.78, 5) is 2.13. The molecule has 0 amide bonds. The second-order valence-electron chi connectivity index (χ2n) is 5.71. The molecule has 2 heterocycles. The van der Waals surface area contributed by atoms with Gasteiger partial charge >= 0.3 is 0 Å². The van der Waals surface area contributed by atoms with Gasteiger partial charge in [-0.15, -0.1) is 0 Å². The lowest BCUT2D eigenvalue weighted by Crippen LogP contribution is -2.46. The molecule has 2 N–H and O–H groups in total. The zero-order valence-corrected chi connectivity index (χ0v) is 13.6. The Morgan fingerprint density at radius 1 is 1.50 bits per heavy atom. The van der Waals surface area contributed by atoms with Crippen molar-refractivity contribution in [1.29, 1.82) is 0 Å². The molecule has 8 heteroatoms. The summed E-state index contributed by atoms with van der Waals surface area (Å²) >= 11 is 0. The average Bonchev–Trinajstić information content (AvgIpc) is 2.92. The number of sulfonamides is 1. The number of hydrogen-bond acceptors (Lipinski definition) is 6. The van der Waals surface area contributed by atoms with Crippen LogP contribution in [0.25, 0.3) is 0 Å². The van der Waals surface area contributed by atoms with Crippen LogP contribution in [0.1, 0.15) is 18.6 Å². The van der Waals surface area contributed by atoms with E-state index in [9.17, 15) is 13.5 Å². The van der Waals surface area contributed by atoms with E-state index < -0.39 is 16.1 Å². The third kappa shape index (κ3) is 6.45. The molecular weight excluding hydrogens is 308 g/mol. The molecule has 0 radical (unpaired) electrons. The first-order valence-corrected chi connectivity index (χ1v) is 9.29. The molecule has 1 saturated heterocycles. The second-order valence-corrected chi connectivity index (χ2v) is 7.49. The smallest absolute Gasteiger partial charge is 0.208 e. The standard InChI is InChI=1S/C14H24N2O5S/c1-22(18,19)15-12-4-6-16(7-5-12)9-13(17)10-20-11-14-3-2-8-21-14/h2-3,8,12-13,15,17H,4-7,9-11H2,1H3/t13-/m1/s1. The molecule has 1 aromatic rings. The summed E-state index contributed by atoms with van der Waals surface area (Å²) in [5.74, 6) is 0.736. The van der Waals surface area contributed by atoms with Crippen molar-refractivity contribution in [2.24, 2.45) is 0 Å². The predicted octanol–water partition coefficient (Wildman–Crippen LogP) is 0.171. The molecule has 1 atom stereocenters. The van der Waals surface area contributed by atoms with E-state index in [2.05, 4.69) is 9.62 Å². The van der Waals surface area contributed by atoms with Gasteiger partial charge in [-0.2, -0.15) is 0 Å². The molecule has 1 fully saturated rings. The van der Waals surface area contributed by atoms with Gasteiger partial charge in [0.05, 0.1) is 25.2 Å². The third-order valence-electron chi connectivity index (χ3n) is 3.57. The minimum atomic E-state index is -3.14. The molecule has 0 aromatic carbocycles. The number of aliphatic hydroxyl groups is 1. The minimum Gasteiger partial charge on any atom is -0.467 e. The highest BCUT2D eigenvalue weighted by atomic mass is 32.2. The summed E-state index contributed by atoms with van der Waals surface area (Å²) in [7, 11) is -3.14. The normalized spacial score (nSPS) is 19.4. The van der Waals surface area contributed by atoms with E-state index in [4.69, 9.17) is 9.15 Å². The Labute approximate surface area is 131 Å². The lowest BCUT2D eigenvalue weighted by Gasteiger charge is -2.33. The SMILES string of the molecule is CS(=O)(=O)NC1CCN(C[C@@H](O)COCc2ccco2)CC1. The van der Waals surface area contributed by atoms with Crippen LogP contribution in [-0.4, -0.2) is 63.1 Å². The van der Waals surface area contributed by atoms with Gasteiger partial charge in [0.25, 0.3) is 0 Å². The van der Waals surface area contributed by atoms with E-state index in [-0.39, 0.29) is 12.6 Å². The molecule has 1 aliphatic rings. The quantitative estimate of drug-likeness (QED) is 0.705. The Hall–Kier alpha value is -0.930. The second kappa shape index (κ2) is 8.07. The fourth-order valence-electron chi connectivity index (χ4n) is 2.58. The van der Waals surface area contributed by atoms with Crippen LogP contribution in [0.15, 0.2) is 22.8 Å². The zero-order chi connectivity index (χ0) is 16.0. The highest BCUT2D eigenvalue weighted by molar-refractivity contribution is 7.88. The summed E-state index contributed by atoms with van der Waals surface area (Å²) in [5, 5.41) is 9.97. The Balaban J connectivity index is 1.61. The highest BCUT2D eigenvalue weighted by Crippen LogP contribution is 2.11. The van der Waals surface area contributed by atoms with Gasteiger partial charge in [-0.3, -0.25) is 0 Å². The molecule has 1 aliphatic heterocycles. The largest absolute Gasteiger partial charge is 0.467 e. The van der Waals surface area contributed by atoms with Gasteiger partial charge in [0.2, 0.25) is 10.0 Å². The fourth-order valence-corrected chi connectivity index (χ4v) is 3.42. The molecule has 0 unspecified atom stereocenters. The van der Waals surface area contributed by atoms with Gasteiger partial charge in [-0.25, -0.2) is 13.1 Å². The molecule has 2 rings (SSSR count). The number of ether oxygens (including phenoxy) is 1. The molecule has 22 heavy (non-hydrogen) atoms. The maximum Gasteiger partial charge on any atom is 0.208 e. The van der Waals surface area contributed by atoms with E-state index in [0.29, 0.717) is 13.2 Å². The monoisotopic (exact) mass is 332 g/mol. The third-order valence-corrected chi connectivity index (χ3v) is 4.33. The molecule has 126 valence electrons. The fraction of sp³-hybridized carbons (Fsp3) is 0.714. The summed E-state index contributed by atoms with van der Waals surface area (Å²) in [5.41, 5.74) is 0. The zero-order valence-electron chi connectivity index (χ0n) is 12.8. The van der Waals surface area contributed by atoms with Gasteiger partial charge in [-0.05, 0) is 38.1 Å². The first-order chi connectivity index (χ1) is 10.4. The first-order valence-electron chi connectivity index (χ1n) is 7.40. The number of β-amino-alcohol motifs (C(OH)–C–C–N with tert-alkyl or cyclic N) is 1. The van der Waals surface area contributed by atoms with Gasteiger partial charge in [0, 0.05) is 12.6 Å². The molecule has 0 saturated carbocycles. The maximum absolute atomic E-state index is 11.2. The van der Waals surface area contributed by atoms with Crippen molar-refractivity contribution >= 4 is 10.0 Å². The van der Waals surface area contributed by atoms with Crippen molar-refractivity contribution in [2.75, 3.05) is 32.5 Å². The molecule has 0 aliphatic carbocycles. The van der Waals surface area contributed by atoms with E-state index in [0.717, 1.165) is 31.7 Å². The van der Waals surface area contributed by atoms with Gasteiger partial charge in [-0.1, -0.05) is 0 Å². The predicted molar refractivity (Wildman–Crippen MR) is 81.8 cm³/mol. The van der Waals surface area contributed by atoms with Crippen LogP contribution in [0.3, 0.4) is 0 Å². The molecule has 7 nitrogen and oxygen atoms in total. The number of nitrogens with one attached hydrogen (secondary N) is 1. The van der Waals surface area contributed by atoms with Crippen molar-refractivity contribution in [3.63, 3.8) is 0 Å². The first kappa shape index (κ1) is 17.4. The van der Waals surface area contributed by atoms with Gasteiger partial charge < -0.3 is 19.2 Å². The number of furan rings is 1. The van der Waals surface area contributed by atoms with Crippen LogP contribution in [0.2, 0.25) is 0 Å². The van der Waals surface area contributed by atoms with Crippen LogP contribution >= 0.6 is 0 Å². The number of nitrogens with zero attached hydrogens (tertiary/aromatic N) is 1. The molecule has 1 aromatic heterocycles. The molecular formula is C14H24N2O5S. The molecule has 0 spiro atoms. The summed E-state index contributed by atoms with van der Waals surface area (Å²) in [6, 6.07) is 3.62. The number of likely N-dealkylation sites (tertiary alicyclic amines) is 1. The van der Waals surface area contributed by atoms with Crippen LogP contribution in [0, 0.1) is 0 Å². The Bertz CT molecular complexity index is 523. The minimum absolute atomic E-state index is 0.00130. The summed E-state index contributed by atoms with van der Waals surface area (Å²) in [6.07, 6.45) is 3.72. The topological polar surface area (TPSA) is 92.0 Å². The van der Waals surface area contributed by atoms with Gasteiger partial charge in [0.1, 0.15) is 12.4 Å². The maximum atomic E-state index is 11.2. The van der Waals surface area contributed by atoms with Crippen LogP contribution in [0.5, 0.6) is 0 Å². The summed E-state index contributed by atoms with van der Waals surface area (Å²) in [6.45, 7) is 2.67. The summed E-state index contributed by atoms with van der Waals surface area (Å²) < 4.78 is 35.6. The lowest BCUT2D eigenvalue weighted by atomic mass is 10.1. The average molecular weight is 332 g/mol. The van der Waals surface area contributed by atoms with Crippen molar-refractivity contribution < 1.29 is 22.7 Å². The number of hydrogen-bond donors (Lipinski definition) is 2. The van der Waals surface area contributed by atoms with E-state index >= 15 is 0 Å². The lowest BCUT2D eigenvalue weighted by molar-refractivity contribution is 0.00161. The van der Waals surface area contributed by atoms with E-state index in [1.54, 1.807) is 12.3 Å². The Kier molecular flexibility index (Phi) is 6.39. The number of aliphatic hydroxyl groups excluding tert-OH is 1. The number of piperidine rings is 1. The van der Waals surface area contributed by atoms with Crippen LogP contribution < -0.4 is 4.72 Å². The number of rotatable bonds is 8. The molecule has 0 bridgehead atoms. The highest BCUT2D eigenvalue weighted by Gasteiger charge is 2.22. The van der Waals surface area contributed by atoms with E-state index in [1.807, 2.05) is 6.07 Å². The van der Waals surface area contributed by atoms with Crippen molar-refractivity contribution in [3.8, 4) is 0 Å². The van der Waals surface area contributed by atoms with Gasteiger partial charge in [0.15, 0.2) is 0 Å². The Morgan fingerprint density at radius 2 is 2.23 bits per heavy atom. The van der Waals surface area contributed by atoms with E-state index in [1.165, 1.54) is 6.26 Å². The van der Waals surface area contributed by atoms with Crippen molar-refractivity contribution in [3.05, 3.63) is 24.2 Å². The van der Waals surface area contributed by atoms with Crippen molar-refractivity contribution in [1.82, 2.24) is 9.62 Å². The van der Waals surface area contributed by atoms with Crippen LogP contribution in [0.4, 0.5) is 0 Å². The Morgan fingerprint density at radius 3 is 2.82 bits per heavy atom. The van der Waals surface area contributed by atoms with Crippen LogP contribution in [-0.2, 0) is 21.4 Å².